The summed E-state index contributed by atoms with van der Waals surface area (Å²) in [7, 11) is 0. The van der Waals surface area contributed by atoms with Crippen LogP contribution in [0.5, 0.6) is 0 Å². The number of hydrogen-bond acceptors (Lipinski definition) is 3. The summed E-state index contributed by atoms with van der Waals surface area (Å²) < 4.78 is 5.16. The number of aliphatic carboxylic acids is 1. The Balaban J connectivity index is 3.35. The molecule has 0 aromatic carbocycles. The Morgan fingerprint density at radius 3 is 1.30 bits per heavy atom. The Labute approximate surface area is 249 Å². The molecule has 0 spiro atoms. The first-order chi connectivity index (χ1) is 19.6. The van der Waals surface area contributed by atoms with Crippen molar-refractivity contribution in [2.75, 3.05) is 6.61 Å². The minimum absolute atomic E-state index is 0.112. The number of hydrogen-bond donors (Lipinski definition) is 1. The van der Waals surface area contributed by atoms with Gasteiger partial charge in [0.2, 0.25) is 0 Å². The molecule has 0 aromatic heterocycles. The van der Waals surface area contributed by atoms with Gasteiger partial charge in [-0.1, -0.05) is 161 Å². The van der Waals surface area contributed by atoms with Crippen LogP contribution in [-0.2, 0) is 14.3 Å². The molecule has 0 amide bonds. The monoisotopic (exact) mass is 565 g/mol. The maximum atomic E-state index is 12.0. The van der Waals surface area contributed by atoms with E-state index in [-0.39, 0.29) is 12.4 Å². The third-order valence-electron chi connectivity index (χ3n) is 8.02. The third-order valence-corrected chi connectivity index (χ3v) is 8.02. The molecule has 0 radical (unpaired) electrons. The molecular formula is C36H68O4. The van der Waals surface area contributed by atoms with Gasteiger partial charge in [-0.2, -0.15) is 0 Å². The van der Waals surface area contributed by atoms with E-state index >= 15 is 0 Å². The number of esters is 1. The molecule has 40 heavy (non-hydrogen) atoms. The molecule has 0 fully saturated rings. The molecule has 4 heteroatoms. The van der Waals surface area contributed by atoms with E-state index in [1.165, 1.54) is 148 Å². The molecule has 1 unspecified atom stereocenters. The van der Waals surface area contributed by atoms with Crippen molar-refractivity contribution in [3.63, 3.8) is 0 Å². The molecule has 0 bridgehead atoms. The summed E-state index contributed by atoms with van der Waals surface area (Å²) in [4.78, 5) is 23.1. The minimum atomic E-state index is -0.916. The molecule has 0 saturated carbocycles. The molecule has 0 saturated heterocycles. The lowest BCUT2D eigenvalue weighted by atomic mass is 9.97. The highest BCUT2D eigenvalue weighted by Crippen LogP contribution is 2.18. The zero-order chi connectivity index (χ0) is 29.4. The molecule has 0 rings (SSSR count). The number of carboxylic acids is 1. The first-order valence-electron chi connectivity index (χ1n) is 17.6. The Morgan fingerprint density at radius 2 is 0.925 bits per heavy atom. The summed E-state index contributed by atoms with van der Waals surface area (Å²) in [5.41, 5.74) is 0. The molecule has 0 aliphatic carbocycles. The van der Waals surface area contributed by atoms with E-state index in [9.17, 15) is 9.59 Å². The maximum Gasteiger partial charge on any atom is 0.309 e. The SMILES string of the molecule is CCCCCCCCCCCCC/C=C/CCCCCCCCCCCCCCC(CC(=O)O)C(=O)OCCC. The molecule has 4 nitrogen and oxygen atoms in total. The summed E-state index contributed by atoms with van der Waals surface area (Å²) in [6.45, 7) is 4.61. The van der Waals surface area contributed by atoms with Crippen LogP contribution in [0.4, 0.5) is 0 Å². The first kappa shape index (κ1) is 38.7. The summed E-state index contributed by atoms with van der Waals surface area (Å²) in [6.07, 6.45) is 39.5. The topological polar surface area (TPSA) is 63.6 Å². The standard InChI is InChI=1S/C36H68O4/c1-3-5-6-7-8-9-10-11-12-13-14-15-16-17-18-19-20-21-22-23-24-25-26-27-28-29-30-31-34(33-35(37)38)36(39)40-32-4-2/h16-17,34H,3-15,18-33H2,1-2H3,(H,37,38)/b17-16+. The van der Waals surface area contributed by atoms with Gasteiger partial charge in [0.1, 0.15) is 0 Å². The number of unbranched alkanes of at least 4 members (excludes halogenated alkanes) is 23. The lowest BCUT2D eigenvalue weighted by Gasteiger charge is -2.13. The number of carbonyl (C=O) groups excluding carboxylic acids is 1. The van der Waals surface area contributed by atoms with Crippen molar-refractivity contribution in [2.24, 2.45) is 5.92 Å². The molecular weight excluding hydrogens is 496 g/mol. The van der Waals surface area contributed by atoms with Gasteiger partial charge in [-0.05, 0) is 38.5 Å². The van der Waals surface area contributed by atoms with Crippen LogP contribution in [0.15, 0.2) is 12.2 Å². The summed E-state index contributed by atoms with van der Waals surface area (Å²) in [5.74, 6) is -1.74. The first-order valence-corrected chi connectivity index (χ1v) is 17.6. The Morgan fingerprint density at radius 1 is 0.550 bits per heavy atom. The number of carboxylic acid groups (broad SMARTS) is 1. The largest absolute Gasteiger partial charge is 0.481 e. The van der Waals surface area contributed by atoms with Crippen molar-refractivity contribution in [2.45, 2.75) is 194 Å². The highest BCUT2D eigenvalue weighted by Gasteiger charge is 2.22. The second-order valence-electron chi connectivity index (χ2n) is 12.1. The Kier molecular flexibility index (Phi) is 31.1. The van der Waals surface area contributed by atoms with Crippen molar-refractivity contribution < 1.29 is 19.4 Å². The van der Waals surface area contributed by atoms with E-state index in [2.05, 4.69) is 19.1 Å². The van der Waals surface area contributed by atoms with Gasteiger partial charge in [0.25, 0.3) is 0 Å². The Hall–Kier alpha value is -1.32. The van der Waals surface area contributed by atoms with E-state index in [1.54, 1.807) is 0 Å². The van der Waals surface area contributed by atoms with Crippen LogP contribution >= 0.6 is 0 Å². The van der Waals surface area contributed by atoms with Crippen LogP contribution in [0.3, 0.4) is 0 Å². The van der Waals surface area contributed by atoms with Gasteiger partial charge in [-0.3, -0.25) is 9.59 Å². The summed E-state index contributed by atoms with van der Waals surface area (Å²) in [6, 6.07) is 0. The van der Waals surface area contributed by atoms with Gasteiger partial charge in [-0.15, -0.1) is 0 Å². The van der Waals surface area contributed by atoms with Crippen molar-refractivity contribution in [1.29, 1.82) is 0 Å². The van der Waals surface area contributed by atoms with Gasteiger partial charge in [0.05, 0.1) is 18.9 Å². The summed E-state index contributed by atoms with van der Waals surface area (Å²) in [5, 5.41) is 9.05. The van der Waals surface area contributed by atoms with Gasteiger partial charge in [0.15, 0.2) is 0 Å². The highest BCUT2D eigenvalue weighted by molar-refractivity contribution is 5.79. The van der Waals surface area contributed by atoms with Gasteiger partial charge < -0.3 is 9.84 Å². The number of rotatable bonds is 32. The van der Waals surface area contributed by atoms with Crippen molar-refractivity contribution in [3.8, 4) is 0 Å². The molecule has 0 aromatic rings. The second kappa shape index (κ2) is 32.2. The van der Waals surface area contributed by atoms with Crippen LogP contribution in [0.25, 0.3) is 0 Å². The van der Waals surface area contributed by atoms with Gasteiger partial charge in [0, 0.05) is 0 Å². The van der Waals surface area contributed by atoms with Gasteiger partial charge in [-0.25, -0.2) is 0 Å². The zero-order valence-corrected chi connectivity index (χ0v) is 26.9. The highest BCUT2D eigenvalue weighted by atomic mass is 16.5. The molecule has 1 atom stereocenters. The van der Waals surface area contributed by atoms with E-state index in [0.717, 1.165) is 19.3 Å². The number of carbonyl (C=O) groups is 2. The van der Waals surface area contributed by atoms with E-state index in [0.29, 0.717) is 13.0 Å². The van der Waals surface area contributed by atoms with Crippen molar-refractivity contribution in [1.82, 2.24) is 0 Å². The number of ether oxygens (including phenoxy) is 1. The van der Waals surface area contributed by atoms with Gasteiger partial charge >= 0.3 is 11.9 Å². The zero-order valence-electron chi connectivity index (χ0n) is 26.9. The van der Waals surface area contributed by atoms with Crippen LogP contribution in [0.1, 0.15) is 194 Å². The fourth-order valence-electron chi connectivity index (χ4n) is 5.42. The fraction of sp³-hybridized carbons (Fsp3) is 0.889. The van der Waals surface area contributed by atoms with Crippen LogP contribution in [0.2, 0.25) is 0 Å². The van der Waals surface area contributed by atoms with E-state index < -0.39 is 11.9 Å². The van der Waals surface area contributed by atoms with E-state index in [4.69, 9.17) is 9.84 Å². The smallest absolute Gasteiger partial charge is 0.309 e. The van der Waals surface area contributed by atoms with Crippen molar-refractivity contribution in [3.05, 3.63) is 12.2 Å². The molecule has 236 valence electrons. The normalized spacial score (nSPS) is 12.2. The van der Waals surface area contributed by atoms with Crippen LogP contribution < -0.4 is 0 Å². The number of allylic oxidation sites excluding steroid dienone is 2. The fourth-order valence-corrected chi connectivity index (χ4v) is 5.42. The second-order valence-corrected chi connectivity index (χ2v) is 12.1. The minimum Gasteiger partial charge on any atom is -0.481 e. The predicted octanol–water partition coefficient (Wildman–Crippen LogP) is 11.7. The maximum absolute atomic E-state index is 12.0. The molecule has 1 N–H and O–H groups in total. The average Bonchev–Trinajstić information content (AvgIpc) is 2.94. The van der Waals surface area contributed by atoms with Crippen LogP contribution in [-0.4, -0.2) is 23.7 Å². The summed E-state index contributed by atoms with van der Waals surface area (Å²) >= 11 is 0. The third kappa shape index (κ3) is 29.7. The van der Waals surface area contributed by atoms with Crippen molar-refractivity contribution >= 4 is 11.9 Å². The molecule has 0 heterocycles. The lowest BCUT2D eigenvalue weighted by molar-refractivity contribution is -0.153. The lowest BCUT2D eigenvalue weighted by Crippen LogP contribution is -2.21. The van der Waals surface area contributed by atoms with E-state index in [1.807, 2.05) is 6.92 Å². The molecule has 0 aliphatic rings. The predicted molar refractivity (Wildman–Crippen MR) is 172 cm³/mol. The molecule has 0 aliphatic heterocycles. The average molecular weight is 565 g/mol. The quantitative estimate of drug-likeness (QED) is 0.0501. The Bertz CT molecular complexity index is 571. The van der Waals surface area contributed by atoms with Crippen LogP contribution in [0, 0.1) is 5.92 Å².